The number of nitrogens with one attached hydrogen (secondary N) is 1. The van der Waals surface area contributed by atoms with E-state index in [1.165, 1.54) is 0 Å². The molecule has 0 saturated carbocycles. The number of aliphatic hydroxyl groups excluding tert-OH is 1. The molecule has 0 fully saturated rings. The number of likely N-dealkylation sites (N-methyl/N-ethyl adjacent to an activating group) is 1. The van der Waals surface area contributed by atoms with E-state index < -0.39 is 0 Å². The van der Waals surface area contributed by atoms with E-state index in [0.717, 1.165) is 25.3 Å². The van der Waals surface area contributed by atoms with E-state index in [1.807, 2.05) is 18.2 Å². The second-order valence-electron chi connectivity index (χ2n) is 4.52. The van der Waals surface area contributed by atoms with Crippen molar-refractivity contribution in [2.24, 2.45) is 0 Å². The van der Waals surface area contributed by atoms with Gasteiger partial charge in [0.1, 0.15) is 0 Å². The maximum atomic E-state index is 9.95. The molecule has 18 heavy (non-hydrogen) atoms. The van der Waals surface area contributed by atoms with Crippen LogP contribution in [0, 0.1) is 0 Å². The standard InChI is InChI=1S/C14H25N3O/c1-4-17(5-2)11-13(18)10-16-12(3)14-8-6-7-9-15-14/h6-9,12-13,16,18H,4-5,10-11H2,1-3H3. The van der Waals surface area contributed by atoms with Crippen LogP contribution in [0.25, 0.3) is 0 Å². The predicted octanol–water partition coefficient (Wildman–Crippen LogP) is 1.43. The van der Waals surface area contributed by atoms with Crippen LogP contribution in [0.15, 0.2) is 24.4 Å². The molecule has 1 aromatic heterocycles. The summed E-state index contributed by atoms with van der Waals surface area (Å²) >= 11 is 0. The maximum absolute atomic E-state index is 9.95. The van der Waals surface area contributed by atoms with Crippen LogP contribution < -0.4 is 5.32 Å². The van der Waals surface area contributed by atoms with Gasteiger partial charge in [-0.15, -0.1) is 0 Å². The smallest absolute Gasteiger partial charge is 0.0791 e. The third kappa shape index (κ3) is 5.12. The highest BCUT2D eigenvalue weighted by molar-refractivity contribution is 5.07. The van der Waals surface area contributed by atoms with Crippen LogP contribution in [0.2, 0.25) is 0 Å². The summed E-state index contributed by atoms with van der Waals surface area (Å²) in [6, 6.07) is 6.05. The lowest BCUT2D eigenvalue weighted by Crippen LogP contribution is -2.39. The summed E-state index contributed by atoms with van der Waals surface area (Å²) < 4.78 is 0. The summed E-state index contributed by atoms with van der Waals surface area (Å²) in [5.74, 6) is 0. The molecule has 2 atom stereocenters. The third-order valence-electron chi connectivity index (χ3n) is 3.15. The molecule has 4 heteroatoms. The Bertz CT molecular complexity index is 314. The normalized spacial score (nSPS) is 14.7. The molecule has 0 bridgehead atoms. The molecular formula is C14H25N3O. The summed E-state index contributed by atoms with van der Waals surface area (Å²) in [7, 11) is 0. The van der Waals surface area contributed by atoms with E-state index in [4.69, 9.17) is 0 Å². The van der Waals surface area contributed by atoms with Gasteiger partial charge in [-0.3, -0.25) is 4.98 Å². The molecule has 0 aliphatic heterocycles. The Balaban J connectivity index is 2.32. The SMILES string of the molecule is CCN(CC)CC(O)CNC(C)c1ccccn1. The molecule has 0 spiro atoms. The first kappa shape index (κ1) is 15.1. The fourth-order valence-electron chi connectivity index (χ4n) is 1.89. The first-order valence-corrected chi connectivity index (χ1v) is 6.72. The molecule has 0 aliphatic rings. The van der Waals surface area contributed by atoms with Crippen LogP contribution in [0.5, 0.6) is 0 Å². The number of pyridine rings is 1. The van der Waals surface area contributed by atoms with Crippen molar-refractivity contribution < 1.29 is 5.11 Å². The van der Waals surface area contributed by atoms with Gasteiger partial charge in [0, 0.05) is 25.3 Å². The van der Waals surface area contributed by atoms with Gasteiger partial charge in [-0.05, 0) is 32.1 Å². The summed E-state index contributed by atoms with van der Waals surface area (Å²) in [4.78, 5) is 6.52. The summed E-state index contributed by atoms with van der Waals surface area (Å²) in [6.45, 7) is 9.54. The molecule has 2 unspecified atom stereocenters. The molecule has 1 heterocycles. The summed E-state index contributed by atoms with van der Waals surface area (Å²) in [6.07, 6.45) is 1.45. The van der Waals surface area contributed by atoms with Crippen molar-refractivity contribution in [2.75, 3.05) is 26.2 Å². The van der Waals surface area contributed by atoms with Crippen molar-refractivity contribution in [3.8, 4) is 0 Å². The molecule has 102 valence electrons. The van der Waals surface area contributed by atoms with E-state index in [9.17, 15) is 5.11 Å². The van der Waals surface area contributed by atoms with Crippen LogP contribution in [-0.4, -0.2) is 47.3 Å². The summed E-state index contributed by atoms with van der Waals surface area (Å²) in [5, 5.41) is 13.3. The minimum atomic E-state index is -0.337. The Labute approximate surface area is 110 Å². The first-order chi connectivity index (χ1) is 8.67. The molecule has 0 radical (unpaired) electrons. The fraction of sp³-hybridized carbons (Fsp3) is 0.643. The predicted molar refractivity (Wildman–Crippen MR) is 74.4 cm³/mol. The highest BCUT2D eigenvalue weighted by atomic mass is 16.3. The number of aliphatic hydroxyl groups is 1. The van der Waals surface area contributed by atoms with E-state index in [1.54, 1.807) is 6.20 Å². The lowest BCUT2D eigenvalue weighted by atomic mass is 10.2. The van der Waals surface area contributed by atoms with E-state index in [0.29, 0.717) is 6.54 Å². The van der Waals surface area contributed by atoms with Crippen molar-refractivity contribution in [2.45, 2.75) is 32.9 Å². The van der Waals surface area contributed by atoms with Crippen LogP contribution in [0.3, 0.4) is 0 Å². The van der Waals surface area contributed by atoms with Gasteiger partial charge in [-0.2, -0.15) is 0 Å². The maximum Gasteiger partial charge on any atom is 0.0791 e. The molecule has 0 aliphatic carbocycles. The first-order valence-electron chi connectivity index (χ1n) is 6.72. The monoisotopic (exact) mass is 251 g/mol. The zero-order chi connectivity index (χ0) is 13.4. The van der Waals surface area contributed by atoms with Crippen molar-refractivity contribution in [1.82, 2.24) is 15.2 Å². The number of hydrogen-bond donors (Lipinski definition) is 2. The number of hydrogen-bond acceptors (Lipinski definition) is 4. The van der Waals surface area contributed by atoms with Gasteiger partial charge in [-0.1, -0.05) is 19.9 Å². The molecule has 2 N–H and O–H groups in total. The quantitative estimate of drug-likeness (QED) is 0.734. The third-order valence-corrected chi connectivity index (χ3v) is 3.15. The molecule has 0 aromatic carbocycles. The van der Waals surface area contributed by atoms with Crippen LogP contribution in [0.1, 0.15) is 32.5 Å². The highest BCUT2D eigenvalue weighted by Crippen LogP contribution is 2.07. The average Bonchev–Trinajstić information content (AvgIpc) is 2.43. The lowest BCUT2D eigenvalue weighted by Gasteiger charge is -2.23. The average molecular weight is 251 g/mol. The number of rotatable bonds is 8. The molecule has 1 rings (SSSR count). The minimum absolute atomic E-state index is 0.164. The molecular weight excluding hydrogens is 226 g/mol. The van der Waals surface area contributed by atoms with Crippen LogP contribution in [-0.2, 0) is 0 Å². The summed E-state index contributed by atoms with van der Waals surface area (Å²) in [5.41, 5.74) is 1.01. The van der Waals surface area contributed by atoms with E-state index in [2.05, 4.69) is 36.0 Å². The van der Waals surface area contributed by atoms with Crippen molar-refractivity contribution >= 4 is 0 Å². The molecule has 1 aromatic rings. The van der Waals surface area contributed by atoms with E-state index in [-0.39, 0.29) is 12.1 Å². The Hall–Kier alpha value is -0.970. The Morgan fingerprint density at radius 2 is 2.06 bits per heavy atom. The van der Waals surface area contributed by atoms with Crippen molar-refractivity contribution in [1.29, 1.82) is 0 Å². The fourth-order valence-corrected chi connectivity index (χ4v) is 1.89. The minimum Gasteiger partial charge on any atom is -0.390 e. The van der Waals surface area contributed by atoms with Gasteiger partial charge in [-0.25, -0.2) is 0 Å². The second kappa shape index (κ2) is 8.19. The van der Waals surface area contributed by atoms with Gasteiger partial charge in [0.2, 0.25) is 0 Å². The van der Waals surface area contributed by atoms with Gasteiger partial charge >= 0.3 is 0 Å². The van der Waals surface area contributed by atoms with Gasteiger partial charge in [0.05, 0.1) is 11.8 Å². The topological polar surface area (TPSA) is 48.4 Å². The van der Waals surface area contributed by atoms with E-state index >= 15 is 0 Å². The van der Waals surface area contributed by atoms with Crippen molar-refractivity contribution in [3.05, 3.63) is 30.1 Å². The Morgan fingerprint density at radius 1 is 1.33 bits per heavy atom. The van der Waals surface area contributed by atoms with Gasteiger partial charge in [0.25, 0.3) is 0 Å². The van der Waals surface area contributed by atoms with Gasteiger partial charge < -0.3 is 15.3 Å². The molecule has 4 nitrogen and oxygen atoms in total. The van der Waals surface area contributed by atoms with Crippen LogP contribution in [0.4, 0.5) is 0 Å². The van der Waals surface area contributed by atoms with Crippen molar-refractivity contribution in [3.63, 3.8) is 0 Å². The largest absolute Gasteiger partial charge is 0.390 e. The Morgan fingerprint density at radius 3 is 2.61 bits per heavy atom. The number of nitrogens with zero attached hydrogens (tertiary/aromatic N) is 2. The second-order valence-corrected chi connectivity index (χ2v) is 4.52. The van der Waals surface area contributed by atoms with Gasteiger partial charge in [0.15, 0.2) is 0 Å². The Kier molecular flexibility index (Phi) is 6.86. The molecule has 0 saturated heterocycles. The lowest BCUT2D eigenvalue weighted by molar-refractivity contribution is 0.114. The zero-order valence-corrected chi connectivity index (χ0v) is 11.6. The van der Waals surface area contributed by atoms with Crippen LogP contribution >= 0.6 is 0 Å². The number of aromatic nitrogens is 1. The molecule has 0 amide bonds. The highest BCUT2D eigenvalue weighted by Gasteiger charge is 2.11. The zero-order valence-electron chi connectivity index (χ0n) is 11.6.